The van der Waals surface area contributed by atoms with Crippen LogP contribution in [0.4, 0.5) is 5.69 Å². The van der Waals surface area contributed by atoms with Crippen LogP contribution in [-0.2, 0) is 4.79 Å². The molecule has 1 atom stereocenters. The van der Waals surface area contributed by atoms with Gasteiger partial charge in [-0.15, -0.1) is 0 Å². The van der Waals surface area contributed by atoms with Crippen molar-refractivity contribution in [2.45, 2.75) is 27.2 Å². The zero-order valence-electron chi connectivity index (χ0n) is 13.1. The van der Waals surface area contributed by atoms with E-state index in [2.05, 4.69) is 0 Å². The molecule has 5 heteroatoms. The molecule has 1 unspecified atom stereocenters. The number of carbonyl (C=O) groups excluding carboxylic acids is 1. The van der Waals surface area contributed by atoms with E-state index >= 15 is 0 Å². The van der Waals surface area contributed by atoms with E-state index in [1.165, 1.54) is 11.0 Å². The second kappa shape index (κ2) is 6.72. The number of para-hydroxylation sites is 1. The maximum Gasteiger partial charge on any atom is 0.337 e. The number of nitrogens with zero attached hydrogens (tertiary/aromatic N) is 1. The molecule has 5 nitrogen and oxygen atoms in total. The van der Waals surface area contributed by atoms with Crippen LogP contribution >= 0.6 is 0 Å². The molecule has 0 heterocycles. The lowest BCUT2D eigenvalue weighted by atomic mass is 9.84. The van der Waals surface area contributed by atoms with Crippen molar-refractivity contribution >= 4 is 17.6 Å². The number of carboxylic acid groups (broad SMARTS) is 1. The van der Waals surface area contributed by atoms with E-state index in [-0.39, 0.29) is 29.3 Å². The molecule has 1 amide bonds. The molecule has 0 fully saturated rings. The number of carbonyl (C=O) groups is 2. The number of nitrogens with two attached hydrogens (primary N) is 1. The summed E-state index contributed by atoms with van der Waals surface area (Å²) in [6.07, 6.45) is 0.655. The van der Waals surface area contributed by atoms with Gasteiger partial charge in [-0.3, -0.25) is 4.79 Å². The Hall–Kier alpha value is -1.88. The summed E-state index contributed by atoms with van der Waals surface area (Å²) in [7, 11) is 1.59. The molecule has 21 heavy (non-hydrogen) atoms. The highest BCUT2D eigenvalue weighted by molar-refractivity contribution is 6.02. The molecule has 0 aliphatic heterocycles. The number of rotatable bonds is 5. The third-order valence-corrected chi connectivity index (χ3v) is 3.32. The average molecular weight is 292 g/mol. The van der Waals surface area contributed by atoms with Gasteiger partial charge in [-0.25, -0.2) is 4.79 Å². The highest BCUT2D eigenvalue weighted by Crippen LogP contribution is 2.27. The topological polar surface area (TPSA) is 83.6 Å². The van der Waals surface area contributed by atoms with E-state index in [0.717, 1.165) is 0 Å². The number of hydrogen-bond donors (Lipinski definition) is 2. The van der Waals surface area contributed by atoms with Gasteiger partial charge in [0.2, 0.25) is 5.91 Å². The first-order valence-electron chi connectivity index (χ1n) is 6.97. The smallest absolute Gasteiger partial charge is 0.337 e. The van der Waals surface area contributed by atoms with E-state index in [4.69, 9.17) is 5.73 Å². The van der Waals surface area contributed by atoms with Gasteiger partial charge in [0.1, 0.15) is 0 Å². The molecule has 0 bridgehead atoms. The summed E-state index contributed by atoms with van der Waals surface area (Å²) in [5.41, 5.74) is 6.21. The highest BCUT2D eigenvalue weighted by Gasteiger charge is 2.28. The summed E-state index contributed by atoms with van der Waals surface area (Å²) in [5.74, 6) is -1.52. The lowest BCUT2D eigenvalue weighted by molar-refractivity contribution is -0.122. The third kappa shape index (κ3) is 4.56. The quantitative estimate of drug-likeness (QED) is 0.872. The molecule has 0 aliphatic rings. The standard InChI is InChI=1S/C16H24N2O3/c1-16(2,3)9-11(10-17)14(19)18(4)13-8-6-5-7-12(13)15(20)21/h5-8,11H,9-10,17H2,1-4H3,(H,20,21). The van der Waals surface area contributed by atoms with Crippen LogP contribution in [0.2, 0.25) is 0 Å². The molecular formula is C16H24N2O3. The molecule has 0 aliphatic carbocycles. The minimum atomic E-state index is -1.05. The molecule has 0 aromatic heterocycles. The first-order valence-corrected chi connectivity index (χ1v) is 6.97. The molecule has 0 saturated heterocycles. The molecule has 1 aromatic rings. The summed E-state index contributed by atoms with van der Waals surface area (Å²) >= 11 is 0. The minimum Gasteiger partial charge on any atom is -0.478 e. The van der Waals surface area contributed by atoms with Crippen molar-refractivity contribution in [2.24, 2.45) is 17.1 Å². The first-order chi connectivity index (χ1) is 9.67. The number of anilines is 1. The van der Waals surface area contributed by atoms with Gasteiger partial charge in [0.05, 0.1) is 17.2 Å². The van der Waals surface area contributed by atoms with Crippen molar-refractivity contribution in [3.05, 3.63) is 29.8 Å². The fraction of sp³-hybridized carbons (Fsp3) is 0.500. The summed E-state index contributed by atoms with van der Waals surface area (Å²) < 4.78 is 0. The first kappa shape index (κ1) is 17.2. The maximum absolute atomic E-state index is 12.6. The Morgan fingerprint density at radius 2 is 1.86 bits per heavy atom. The summed E-state index contributed by atoms with van der Waals surface area (Å²) in [6.45, 7) is 6.39. The number of benzene rings is 1. The fourth-order valence-electron chi connectivity index (χ4n) is 2.35. The molecule has 1 rings (SSSR count). The largest absolute Gasteiger partial charge is 0.478 e. The number of hydrogen-bond acceptors (Lipinski definition) is 3. The van der Waals surface area contributed by atoms with Gasteiger partial charge in [0, 0.05) is 13.6 Å². The molecule has 116 valence electrons. The van der Waals surface area contributed by atoms with Gasteiger partial charge < -0.3 is 15.7 Å². The van der Waals surface area contributed by atoms with Gasteiger partial charge >= 0.3 is 5.97 Å². The van der Waals surface area contributed by atoms with E-state index in [0.29, 0.717) is 12.1 Å². The zero-order valence-corrected chi connectivity index (χ0v) is 13.1. The van der Waals surface area contributed by atoms with Crippen molar-refractivity contribution < 1.29 is 14.7 Å². The molecule has 0 radical (unpaired) electrons. The minimum absolute atomic E-state index is 0.0210. The van der Waals surface area contributed by atoms with Gasteiger partial charge in [-0.05, 0) is 24.0 Å². The summed E-state index contributed by atoms with van der Waals surface area (Å²) in [4.78, 5) is 25.2. The monoisotopic (exact) mass is 292 g/mol. The van der Waals surface area contributed by atoms with Crippen LogP contribution in [0.5, 0.6) is 0 Å². The van der Waals surface area contributed by atoms with E-state index in [9.17, 15) is 14.7 Å². The van der Waals surface area contributed by atoms with Crippen molar-refractivity contribution in [1.82, 2.24) is 0 Å². The van der Waals surface area contributed by atoms with Crippen LogP contribution in [0.25, 0.3) is 0 Å². The summed E-state index contributed by atoms with van der Waals surface area (Å²) in [5, 5.41) is 9.22. The van der Waals surface area contributed by atoms with Gasteiger partial charge in [-0.1, -0.05) is 32.9 Å². The Morgan fingerprint density at radius 1 is 1.29 bits per heavy atom. The van der Waals surface area contributed by atoms with Crippen LogP contribution < -0.4 is 10.6 Å². The Labute approximate surface area is 125 Å². The van der Waals surface area contributed by atoms with Gasteiger partial charge in [0.25, 0.3) is 0 Å². The van der Waals surface area contributed by atoms with Gasteiger partial charge in [0.15, 0.2) is 0 Å². The van der Waals surface area contributed by atoms with E-state index in [1.54, 1.807) is 25.2 Å². The Bertz CT molecular complexity index is 520. The van der Waals surface area contributed by atoms with Crippen LogP contribution in [0.15, 0.2) is 24.3 Å². The number of carboxylic acids is 1. The molecule has 0 saturated carbocycles. The fourth-order valence-corrected chi connectivity index (χ4v) is 2.35. The SMILES string of the molecule is CN(C(=O)C(CN)CC(C)(C)C)c1ccccc1C(=O)O. The maximum atomic E-state index is 12.6. The predicted octanol–water partition coefficient (Wildman–Crippen LogP) is 2.36. The van der Waals surface area contributed by atoms with E-state index in [1.807, 2.05) is 20.8 Å². The Morgan fingerprint density at radius 3 is 2.33 bits per heavy atom. The average Bonchev–Trinajstić information content (AvgIpc) is 2.42. The van der Waals surface area contributed by atoms with Crippen LogP contribution in [0.3, 0.4) is 0 Å². The molecular weight excluding hydrogens is 268 g/mol. The normalized spacial score (nSPS) is 12.8. The van der Waals surface area contributed by atoms with Crippen molar-refractivity contribution in [1.29, 1.82) is 0 Å². The highest BCUT2D eigenvalue weighted by atomic mass is 16.4. The number of amides is 1. The molecule has 0 spiro atoms. The zero-order chi connectivity index (χ0) is 16.2. The lowest BCUT2D eigenvalue weighted by Gasteiger charge is -2.28. The second-order valence-corrected chi connectivity index (χ2v) is 6.42. The van der Waals surface area contributed by atoms with Gasteiger partial charge in [-0.2, -0.15) is 0 Å². The molecule has 1 aromatic carbocycles. The summed E-state index contributed by atoms with van der Waals surface area (Å²) in [6, 6.07) is 6.47. The Balaban J connectivity index is 3.04. The third-order valence-electron chi connectivity index (χ3n) is 3.32. The Kier molecular flexibility index (Phi) is 5.49. The lowest BCUT2D eigenvalue weighted by Crippen LogP contribution is -2.39. The number of aromatic carboxylic acids is 1. The molecule has 3 N–H and O–H groups in total. The van der Waals surface area contributed by atoms with Crippen LogP contribution in [0.1, 0.15) is 37.6 Å². The van der Waals surface area contributed by atoms with Crippen LogP contribution in [-0.4, -0.2) is 30.6 Å². The van der Waals surface area contributed by atoms with Crippen molar-refractivity contribution in [3.8, 4) is 0 Å². The van der Waals surface area contributed by atoms with Crippen molar-refractivity contribution in [2.75, 3.05) is 18.5 Å². The van der Waals surface area contributed by atoms with E-state index < -0.39 is 5.97 Å². The van der Waals surface area contributed by atoms with Crippen LogP contribution in [0, 0.1) is 11.3 Å². The second-order valence-electron chi connectivity index (χ2n) is 6.42. The van der Waals surface area contributed by atoms with Crippen molar-refractivity contribution in [3.63, 3.8) is 0 Å². The predicted molar refractivity (Wildman–Crippen MR) is 83.4 cm³/mol.